The monoisotopic (exact) mass is 336 g/mol. The van der Waals surface area contributed by atoms with Crippen LogP contribution in [0.3, 0.4) is 0 Å². The van der Waals surface area contributed by atoms with E-state index in [0.717, 1.165) is 4.47 Å². The van der Waals surface area contributed by atoms with E-state index in [1.54, 1.807) is 44.5 Å². The first-order chi connectivity index (χ1) is 9.63. The first-order valence-corrected chi connectivity index (χ1v) is 6.59. The van der Waals surface area contributed by atoms with Gasteiger partial charge in [-0.2, -0.15) is 0 Å². The highest BCUT2D eigenvalue weighted by molar-refractivity contribution is 9.10. The summed E-state index contributed by atoms with van der Waals surface area (Å²) in [6.45, 7) is 0. The van der Waals surface area contributed by atoms with Gasteiger partial charge in [0.25, 0.3) is 5.91 Å². The Balaban J connectivity index is 2.18. The molecule has 0 bridgehead atoms. The van der Waals surface area contributed by atoms with Crippen LogP contribution in [0.5, 0.6) is 5.75 Å². The van der Waals surface area contributed by atoms with Crippen molar-refractivity contribution in [2.24, 2.45) is 0 Å². The number of ether oxygens (including phenoxy) is 1. The Morgan fingerprint density at radius 3 is 2.65 bits per heavy atom. The molecule has 0 radical (unpaired) electrons. The average Bonchev–Trinajstić information content (AvgIpc) is 2.49. The molecular formula is C13H13BrN4O2. The lowest BCUT2D eigenvalue weighted by atomic mass is 10.3. The molecule has 2 N–H and O–H groups in total. The number of anilines is 2. The summed E-state index contributed by atoms with van der Waals surface area (Å²) in [5, 5.41) is 13.3. The minimum atomic E-state index is -0.339. The Morgan fingerprint density at radius 1 is 1.25 bits per heavy atom. The number of carbonyl (C=O) groups is 1. The smallest absolute Gasteiger partial charge is 0.276 e. The lowest BCUT2D eigenvalue weighted by Crippen LogP contribution is -2.15. The van der Waals surface area contributed by atoms with Gasteiger partial charge in [0.2, 0.25) is 0 Å². The van der Waals surface area contributed by atoms with Gasteiger partial charge in [0, 0.05) is 17.6 Å². The van der Waals surface area contributed by atoms with Crippen LogP contribution >= 0.6 is 15.9 Å². The normalized spacial score (nSPS) is 9.95. The Kier molecular flexibility index (Phi) is 4.52. The zero-order chi connectivity index (χ0) is 14.5. The molecule has 0 aliphatic heterocycles. The zero-order valence-corrected chi connectivity index (χ0v) is 12.6. The van der Waals surface area contributed by atoms with E-state index in [1.165, 1.54) is 0 Å². The maximum atomic E-state index is 12.1. The van der Waals surface area contributed by atoms with Gasteiger partial charge in [-0.1, -0.05) is 0 Å². The molecule has 0 aliphatic rings. The van der Waals surface area contributed by atoms with Gasteiger partial charge in [0.15, 0.2) is 5.69 Å². The van der Waals surface area contributed by atoms with Crippen molar-refractivity contribution in [2.75, 3.05) is 24.8 Å². The van der Waals surface area contributed by atoms with Crippen LogP contribution < -0.4 is 15.4 Å². The van der Waals surface area contributed by atoms with Crippen LogP contribution in [0.4, 0.5) is 11.5 Å². The number of hydrogen-bond acceptors (Lipinski definition) is 5. The van der Waals surface area contributed by atoms with E-state index in [9.17, 15) is 4.79 Å². The maximum absolute atomic E-state index is 12.1. The van der Waals surface area contributed by atoms with Crippen LogP contribution in [0.1, 0.15) is 10.5 Å². The number of rotatable bonds is 4. The van der Waals surface area contributed by atoms with Gasteiger partial charge >= 0.3 is 0 Å². The fraction of sp³-hybridized carbons (Fsp3) is 0.154. The molecule has 6 nitrogen and oxygen atoms in total. The second kappa shape index (κ2) is 6.33. The van der Waals surface area contributed by atoms with E-state index in [4.69, 9.17) is 4.74 Å². The summed E-state index contributed by atoms with van der Waals surface area (Å²) in [5.41, 5.74) is 0.840. The zero-order valence-electron chi connectivity index (χ0n) is 11.0. The highest BCUT2D eigenvalue weighted by atomic mass is 79.9. The third kappa shape index (κ3) is 3.24. The summed E-state index contributed by atoms with van der Waals surface area (Å²) >= 11 is 3.37. The van der Waals surface area contributed by atoms with Gasteiger partial charge in [-0.05, 0) is 40.2 Å². The van der Waals surface area contributed by atoms with Crippen molar-refractivity contribution in [3.05, 3.63) is 40.5 Å². The van der Waals surface area contributed by atoms with Crippen molar-refractivity contribution in [3.8, 4) is 5.75 Å². The van der Waals surface area contributed by atoms with E-state index in [0.29, 0.717) is 17.3 Å². The van der Waals surface area contributed by atoms with Crippen LogP contribution in [0.25, 0.3) is 0 Å². The summed E-state index contributed by atoms with van der Waals surface area (Å²) in [7, 11) is 3.30. The van der Waals surface area contributed by atoms with E-state index >= 15 is 0 Å². The molecule has 1 amide bonds. The Morgan fingerprint density at radius 2 is 2.05 bits per heavy atom. The van der Waals surface area contributed by atoms with Crippen LogP contribution in [0, 0.1) is 0 Å². The molecule has 0 aliphatic carbocycles. The van der Waals surface area contributed by atoms with Gasteiger partial charge in [0.05, 0.1) is 12.8 Å². The molecule has 2 aromatic rings. The van der Waals surface area contributed by atoms with Crippen LogP contribution in [-0.2, 0) is 0 Å². The number of carbonyl (C=O) groups excluding carboxylic acids is 1. The topological polar surface area (TPSA) is 76.1 Å². The highest BCUT2D eigenvalue weighted by Gasteiger charge is 2.11. The molecule has 7 heteroatoms. The molecule has 0 atom stereocenters. The Hall–Kier alpha value is -2.15. The standard InChI is InChI=1S/C13H13BrN4O2/c1-15-12-6-5-10(17-18-12)13(19)16-11-7-8(20-2)3-4-9(11)14/h3-7H,1-2H3,(H,15,18)(H,16,19). The third-order valence-electron chi connectivity index (χ3n) is 2.58. The van der Waals surface area contributed by atoms with Crippen molar-refractivity contribution < 1.29 is 9.53 Å². The van der Waals surface area contributed by atoms with Crippen LogP contribution in [-0.4, -0.2) is 30.3 Å². The minimum absolute atomic E-state index is 0.235. The fourth-order valence-corrected chi connectivity index (χ4v) is 1.85. The van der Waals surface area contributed by atoms with E-state index in [1.807, 2.05) is 0 Å². The van der Waals surface area contributed by atoms with Gasteiger partial charge in [-0.15, -0.1) is 10.2 Å². The number of methoxy groups -OCH3 is 1. The third-order valence-corrected chi connectivity index (χ3v) is 3.27. The van der Waals surface area contributed by atoms with Gasteiger partial charge in [-0.3, -0.25) is 4.79 Å². The molecule has 0 unspecified atom stereocenters. The molecule has 0 saturated carbocycles. The molecule has 20 heavy (non-hydrogen) atoms. The lowest BCUT2D eigenvalue weighted by molar-refractivity contribution is 0.102. The average molecular weight is 337 g/mol. The summed E-state index contributed by atoms with van der Waals surface area (Å²) in [5.74, 6) is 0.915. The number of aromatic nitrogens is 2. The number of amides is 1. The van der Waals surface area contributed by atoms with E-state index < -0.39 is 0 Å². The molecule has 0 saturated heterocycles. The fourth-order valence-electron chi connectivity index (χ4n) is 1.50. The SMILES string of the molecule is CNc1ccc(C(=O)Nc2cc(OC)ccc2Br)nn1. The number of nitrogens with zero attached hydrogens (tertiary/aromatic N) is 2. The molecule has 0 spiro atoms. The Bertz CT molecular complexity index is 616. The molecule has 1 aromatic heterocycles. The predicted octanol–water partition coefficient (Wildman–Crippen LogP) is 2.54. The van der Waals surface area contributed by atoms with Crippen molar-refractivity contribution >= 4 is 33.3 Å². The van der Waals surface area contributed by atoms with Gasteiger partial charge in [-0.25, -0.2) is 0 Å². The highest BCUT2D eigenvalue weighted by Crippen LogP contribution is 2.27. The molecule has 1 aromatic carbocycles. The minimum Gasteiger partial charge on any atom is -0.497 e. The van der Waals surface area contributed by atoms with Crippen molar-refractivity contribution in [1.29, 1.82) is 0 Å². The van der Waals surface area contributed by atoms with Crippen LogP contribution in [0.15, 0.2) is 34.8 Å². The number of nitrogens with one attached hydrogen (secondary N) is 2. The van der Waals surface area contributed by atoms with E-state index in [2.05, 4.69) is 36.8 Å². The second-order valence-corrected chi connectivity index (χ2v) is 4.71. The lowest BCUT2D eigenvalue weighted by Gasteiger charge is -2.09. The van der Waals surface area contributed by atoms with Crippen molar-refractivity contribution in [2.45, 2.75) is 0 Å². The van der Waals surface area contributed by atoms with Crippen LogP contribution in [0.2, 0.25) is 0 Å². The quantitative estimate of drug-likeness (QED) is 0.897. The first-order valence-electron chi connectivity index (χ1n) is 5.80. The predicted molar refractivity (Wildman–Crippen MR) is 80.2 cm³/mol. The number of hydrogen-bond donors (Lipinski definition) is 2. The summed E-state index contributed by atoms with van der Waals surface area (Å²) in [4.78, 5) is 12.1. The van der Waals surface area contributed by atoms with E-state index in [-0.39, 0.29) is 11.6 Å². The number of benzene rings is 1. The largest absolute Gasteiger partial charge is 0.497 e. The summed E-state index contributed by atoms with van der Waals surface area (Å²) in [6.07, 6.45) is 0. The number of halogens is 1. The summed E-state index contributed by atoms with van der Waals surface area (Å²) < 4.78 is 5.88. The van der Waals surface area contributed by atoms with Crippen molar-refractivity contribution in [3.63, 3.8) is 0 Å². The summed E-state index contributed by atoms with van der Waals surface area (Å²) in [6, 6.07) is 8.59. The molecule has 104 valence electrons. The second-order valence-electron chi connectivity index (χ2n) is 3.85. The molecule has 1 heterocycles. The van der Waals surface area contributed by atoms with Crippen molar-refractivity contribution in [1.82, 2.24) is 10.2 Å². The maximum Gasteiger partial charge on any atom is 0.276 e. The molecular weight excluding hydrogens is 324 g/mol. The molecule has 2 rings (SSSR count). The van der Waals surface area contributed by atoms with Gasteiger partial charge in [0.1, 0.15) is 11.6 Å². The Labute approximate surface area is 124 Å². The van der Waals surface area contributed by atoms with Gasteiger partial charge < -0.3 is 15.4 Å². The molecule has 0 fully saturated rings. The first kappa shape index (κ1) is 14.3.